The van der Waals surface area contributed by atoms with Crippen LogP contribution in [-0.2, 0) is 9.53 Å². The summed E-state index contributed by atoms with van der Waals surface area (Å²) in [5, 5.41) is 11.6. The first-order valence-electron chi connectivity index (χ1n) is 5.05. The molecule has 0 saturated carbocycles. The minimum absolute atomic E-state index is 0.0959. The van der Waals surface area contributed by atoms with Crippen LogP contribution >= 0.6 is 0 Å². The van der Waals surface area contributed by atoms with Crippen LogP contribution in [0.4, 0.5) is 6.01 Å². The maximum absolute atomic E-state index is 10.7. The lowest BCUT2D eigenvalue weighted by Crippen LogP contribution is -2.30. The molecule has 0 spiro atoms. The molecule has 0 fully saturated rings. The Balaban J connectivity index is 2.06. The number of fused-ring (bicyclic) bond motifs is 1. The first-order valence-corrected chi connectivity index (χ1v) is 5.05. The number of benzene rings is 1. The summed E-state index contributed by atoms with van der Waals surface area (Å²) in [6.07, 6.45) is -0.926. The SMILES string of the molecule is CO[C@@H](CNc1nc2ccccc2o1)C(=O)O. The zero-order valence-electron chi connectivity index (χ0n) is 9.21. The van der Waals surface area contributed by atoms with Gasteiger partial charge in [-0.1, -0.05) is 12.1 Å². The second-order valence-corrected chi connectivity index (χ2v) is 3.43. The van der Waals surface area contributed by atoms with Crippen LogP contribution < -0.4 is 5.32 Å². The molecule has 90 valence electrons. The number of oxazole rings is 1. The van der Waals surface area contributed by atoms with Crippen LogP contribution in [0.15, 0.2) is 28.7 Å². The van der Waals surface area contributed by atoms with Gasteiger partial charge in [0.2, 0.25) is 0 Å². The van der Waals surface area contributed by atoms with Gasteiger partial charge in [-0.2, -0.15) is 4.98 Å². The molecule has 6 heteroatoms. The Hall–Kier alpha value is -2.08. The molecule has 1 aromatic carbocycles. The number of nitrogens with zero attached hydrogens (tertiary/aromatic N) is 1. The summed E-state index contributed by atoms with van der Waals surface area (Å²) in [6, 6.07) is 7.58. The van der Waals surface area contributed by atoms with E-state index in [1.807, 2.05) is 18.2 Å². The molecule has 1 aromatic heterocycles. The highest BCUT2D eigenvalue weighted by Crippen LogP contribution is 2.17. The van der Waals surface area contributed by atoms with Gasteiger partial charge in [0.1, 0.15) is 5.52 Å². The van der Waals surface area contributed by atoms with Crippen molar-refractivity contribution < 1.29 is 19.1 Å². The zero-order valence-corrected chi connectivity index (χ0v) is 9.21. The largest absolute Gasteiger partial charge is 0.479 e. The van der Waals surface area contributed by atoms with Crippen LogP contribution in [0.2, 0.25) is 0 Å². The number of ether oxygens (including phenoxy) is 1. The van der Waals surface area contributed by atoms with Gasteiger partial charge in [0.15, 0.2) is 11.7 Å². The molecule has 2 N–H and O–H groups in total. The molecule has 0 aliphatic carbocycles. The van der Waals surface area contributed by atoms with Gasteiger partial charge in [-0.25, -0.2) is 4.79 Å². The second-order valence-electron chi connectivity index (χ2n) is 3.43. The third-order valence-electron chi connectivity index (χ3n) is 2.29. The fraction of sp³-hybridized carbons (Fsp3) is 0.273. The standard InChI is InChI=1S/C11H12N2O4/c1-16-9(10(14)15)6-12-11-13-7-4-2-3-5-8(7)17-11/h2-5,9H,6H2,1H3,(H,12,13)(H,14,15)/t9-/m0/s1. The van der Waals surface area contributed by atoms with E-state index >= 15 is 0 Å². The van der Waals surface area contributed by atoms with Gasteiger partial charge in [0, 0.05) is 7.11 Å². The highest BCUT2D eigenvalue weighted by Gasteiger charge is 2.16. The number of carbonyl (C=O) groups is 1. The van der Waals surface area contributed by atoms with Gasteiger partial charge in [-0.3, -0.25) is 0 Å². The minimum atomic E-state index is -1.03. The number of aromatic nitrogens is 1. The molecule has 1 heterocycles. The summed E-state index contributed by atoms with van der Waals surface area (Å²) in [7, 11) is 1.34. The van der Waals surface area contributed by atoms with Crippen molar-refractivity contribution in [1.82, 2.24) is 4.98 Å². The summed E-state index contributed by atoms with van der Waals surface area (Å²) >= 11 is 0. The van der Waals surface area contributed by atoms with Crippen molar-refractivity contribution >= 4 is 23.1 Å². The van der Waals surface area contributed by atoms with Crippen molar-refractivity contribution in [3.05, 3.63) is 24.3 Å². The van der Waals surface area contributed by atoms with E-state index < -0.39 is 12.1 Å². The molecule has 2 aromatic rings. The normalized spacial score (nSPS) is 12.5. The number of carboxylic acids is 1. The number of rotatable bonds is 5. The predicted molar refractivity (Wildman–Crippen MR) is 60.9 cm³/mol. The van der Waals surface area contributed by atoms with Crippen molar-refractivity contribution in [2.24, 2.45) is 0 Å². The first-order chi connectivity index (χ1) is 8.20. The molecule has 0 unspecified atom stereocenters. The Kier molecular flexibility index (Phi) is 3.24. The van der Waals surface area contributed by atoms with E-state index in [-0.39, 0.29) is 12.6 Å². The molecule has 6 nitrogen and oxygen atoms in total. The number of anilines is 1. The first kappa shape index (κ1) is 11.4. The van der Waals surface area contributed by atoms with Crippen LogP contribution in [0.1, 0.15) is 0 Å². The molecule has 17 heavy (non-hydrogen) atoms. The van der Waals surface area contributed by atoms with Crippen molar-refractivity contribution in [3.63, 3.8) is 0 Å². The highest BCUT2D eigenvalue weighted by atomic mass is 16.5. The van der Waals surface area contributed by atoms with Gasteiger partial charge in [0.25, 0.3) is 6.01 Å². The van der Waals surface area contributed by atoms with E-state index in [9.17, 15) is 4.79 Å². The maximum Gasteiger partial charge on any atom is 0.334 e. The summed E-state index contributed by atoms with van der Waals surface area (Å²) < 4.78 is 10.1. The quantitative estimate of drug-likeness (QED) is 0.814. The molecular formula is C11H12N2O4. The topological polar surface area (TPSA) is 84.6 Å². The van der Waals surface area contributed by atoms with Crippen molar-refractivity contribution in [2.75, 3.05) is 19.0 Å². The summed E-state index contributed by atoms with van der Waals surface area (Å²) in [5.41, 5.74) is 1.37. The Labute approximate surface area is 97.2 Å². The van der Waals surface area contributed by atoms with Crippen LogP contribution in [-0.4, -0.2) is 35.8 Å². The molecule has 0 saturated heterocycles. The van der Waals surface area contributed by atoms with Crippen molar-refractivity contribution in [3.8, 4) is 0 Å². The van der Waals surface area contributed by atoms with Crippen molar-refractivity contribution in [2.45, 2.75) is 6.10 Å². The number of methoxy groups -OCH3 is 1. The van der Waals surface area contributed by atoms with Gasteiger partial charge >= 0.3 is 5.97 Å². The summed E-state index contributed by atoms with van der Waals surface area (Å²) in [4.78, 5) is 14.9. The average molecular weight is 236 g/mol. The van der Waals surface area contributed by atoms with Gasteiger partial charge in [-0.15, -0.1) is 0 Å². The number of nitrogens with one attached hydrogen (secondary N) is 1. The number of hydrogen-bond acceptors (Lipinski definition) is 5. The Morgan fingerprint density at radius 2 is 2.35 bits per heavy atom. The molecule has 2 rings (SSSR count). The lowest BCUT2D eigenvalue weighted by atomic mass is 10.3. The van der Waals surface area contributed by atoms with Crippen LogP contribution in [0.25, 0.3) is 11.1 Å². The molecule has 0 bridgehead atoms. The van der Waals surface area contributed by atoms with Crippen LogP contribution in [0.5, 0.6) is 0 Å². The summed E-state index contributed by atoms with van der Waals surface area (Å²) in [6.45, 7) is 0.0959. The fourth-order valence-electron chi connectivity index (χ4n) is 1.40. The maximum atomic E-state index is 10.7. The van der Waals surface area contributed by atoms with E-state index in [4.69, 9.17) is 14.3 Å². The Bertz CT molecular complexity index is 490. The van der Waals surface area contributed by atoms with Crippen LogP contribution in [0.3, 0.4) is 0 Å². The molecular weight excluding hydrogens is 224 g/mol. The van der Waals surface area contributed by atoms with E-state index in [2.05, 4.69) is 10.3 Å². The van der Waals surface area contributed by atoms with Gasteiger partial charge in [-0.05, 0) is 12.1 Å². The third-order valence-corrected chi connectivity index (χ3v) is 2.29. The predicted octanol–water partition coefficient (Wildman–Crippen LogP) is 1.34. The number of carboxylic acid groups (broad SMARTS) is 1. The molecule has 0 aliphatic heterocycles. The number of hydrogen-bond donors (Lipinski definition) is 2. The highest BCUT2D eigenvalue weighted by molar-refractivity contribution is 5.75. The van der Waals surface area contributed by atoms with Crippen molar-refractivity contribution in [1.29, 1.82) is 0 Å². The van der Waals surface area contributed by atoms with Gasteiger partial charge < -0.3 is 19.6 Å². The fourth-order valence-corrected chi connectivity index (χ4v) is 1.40. The Morgan fingerprint density at radius 3 is 3.00 bits per heavy atom. The molecule has 0 aliphatic rings. The third kappa shape index (κ3) is 2.54. The lowest BCUT2D eigenvalue weighted by molar-refractivity contribution is -0.147. The number of aliphatic carboxylic acids is 1. The molecule has 0 amide bonds. The van der Waals surface area contributed by atoms with Crippen LogP contribution in [0, 0.1) is 0 Å². The van der Waals surface area contributed by atoms with E-state index in [1.54, 1.807) is 6.07 Å². The van der Waals surface area contributed by atoms with Gasteiger partial charge in [0.05, 0.1) is 6.54 Å². The van der Waals surface area contributed by atoms with E-state index in [0.29, 0.717) is 5.58 Å². The number of para-hydroxylation sites is 2. The van der Waals surface area contributed by atoms with E-state index in [0.717, 1.165) is 5.52 Å². The average Bonchev–Trinajstić information content (AvgIpc) is 2.71. The molecule has 0 radical (unpaired) electrons. The minimum Gasteiger partial charge on any atom is -0.479 e. The monoisotopic (exact) mass is 236 g/mol. The zero-order chi connectivity index (χ0) is 12.3. The Morgan fingerprint density at radius 1 is 1.59 bits per heavy atom. The second kappa shape index (κ2) is 4.84. The molecule has 1 atom stereocenters. The van der Waals surface area contributed by atoms with E-state index in [1.165, 1.54) is 7.11 Å². The summed E-state index contributed by atoms with van der Waals surface area (Å²) in [5.74, 6) is -1.03. The lowest BCUT2D eigenvalue weighted by Gasteiger charge is -2.09. The smallest absolute Gasteiger partial charge is 0.334 e.